The Morgan fingerprint density at radius 2 is 1.59 bits per heavy atom. The third kappa shape index (κ3) is 2.33. The van der Waals surface area contributed by atoms with Crippen LogP contribution in [-0.2, 0) is 0 Å². The summed E-state index contributed by atoms with van der Waals surface area (Å²) in [7, 11) is 0. The second-order valence-corrected chi connectivity index (χ2v) is 3.54. The van der Waals surface area contributed by atoms with Crippen LogP contribution in [0, 0.1) is 5.21 Å². The van der Waals surface area contributed by atoms with Crippen molar-refractivity contribution in [3.8, 4) is 5.75 Å². The maximum absolute atomic E-state index is 11.9. The Bertz CT molecular complexity index is 525. The number of quaternary nitrogens is 1. The minimum Gasteiger partial charge on any atom is -0.621 e. The number of carbonyl (C=O) groups excluding carboxylic acids is 1. The van der Waals surface area contributed by atoms with Crippen LogP contribution < -0.4 is 5.06 Å². The number of phenols is 1. The van der Waals surface area contributed by atoms with Crippen molar-refractivity contribution < 1.29 is 15.0 Å². The largest absolute Gasteiger partial charge is 0.621 e. The number of para-hydroxylation sites is 2. The van der Waals surface area contributed by atoms with Crippen LogP contribution >= 0.6 is 0 Å². The highest BCUT2D eigenvalue weighted by Crippen LogP contribution is 2.14. The van der Waals surface area contributed by atoms with E-state index in [2.05, 4.69) is 0 Å². The molecule has 1 amide bonds. The Labute approximate surface area is 98.3 Å². The van der Waals surface area contributed by atoms with E-state index in [4.69, 9.17) is 0 Å². The monoisotopic (exact) mass is 229 g/mol. The van der Waals surface area contributed by atoms with Gasteiger partial charge in [0.2, 0.25) is 0 Å². The summed E-state index contributed by atoms with van der Waals surface area (Å²) in [6.07, 6.45) is 0. The Balaban J connectivity index is 2.30. The summed E-state index contributed by atoms with van der Waals surface area (Å²) in [4.78, 5) is 11.9. The molecule has 2 N–H and O–H groups in total. The molecule has 0 aromatic heterocycles. The minimum absolute atomic E-state index is 0.0290. The molecule has 2 aromatic carbocycles. The fourth-order valence-corrected chi connectivity index (χ4v) is 1.51. The molecule has 0 aliphatic carbocycles. The average molecular weight is 229 g/mol. The molecule has 4 heteroatoms. The van der Waals surface area contributed by atoms with Crippen molar-refractivity contribution in [2.45, 2.75) is 0 Å². The molecule has 0 saturated carbocycles. The molecule has 0 bridgehead atoms. The fraction of sp³-hybridized carbons (Fsp3) is 0. The smallest absolute Gasteiger partial charge is 0.353 e. The van der Waals surface area contributed by atoms with Crippen LogP contribution in [0.25, 0.3) is 0 Å². The van der Waals surface area contributed by atoms with E-state index in [1.54, 1.807) is 42.5 Å². The number of aromatic hydroxyl groups is 1. The second-order valence-electron chi connectivity index (χ2n) is 3.54. The van der Waals surface area contributed by atoms with Gasteiger partial charge in [0.05, 0.1) is 0 Å². The van der Waals surface area contributed by atoms with Gasteiger partial charge in [-0.05, 0) is 24.3 Å². The van der Waals surface area contributed by atoms with Crippen LogP contribution in [0.15, 0.2) is 54.6 Å². The van der Waals surface area contributed by atoms with E-state index in [9.17, 15) is 15.1 Å². The summed E-state index contributed by atoms with van der Waals surface area (Å²) in [6.45, 7) is 0. The van der Waals surface area contributed by atoms with Gasteiger partial charge in [0.25, 0.3) is 0 Å². The van der Waals surface area contributed by atoms with Crippen LogP contribution in [0.3, 0.4) is 0 Å². The van der Waals surface area contributed by atoms with Gasteiger partial charge >= 0.3 is 5.91 Å². The van der Waals surface area contributed by atoms with Gasteiger partial charge in [-0.1, -0.05) is 30.3 Å². The number of hydrogen-bond donors (Lipinski definition) is 2. The molecule has 86 valence electrons. The van der Waals surface area contributed by atoms with Gasteiger partial charge in [-0.15, -0.1) is 0 Å². The Kier molecular flexibility index (Phi) is 3.18. The molecule has 0 aliphatic heterocycles. The van der Waals surface area contributed by atoms with Crippen molar-refractivity contribution in [2.75, 3.05) is 0 Å². The number of nitrogens with one attached hydrogen (secondary N) is 1. The molecule has 1 unspecified atom stereocenters. The molecule has 0 spiro atoms. The number of hydroxylamine groups is 1. The summed E-state index contributed by atoms with van der Waals surface area (Å²) in [5, 5.41) is 20.7. The van der Waals surface area contributed by atoms with Crippen molar-refractivity contribution in [3.63, 3.8) is 0 Å². The first-order chi connectivity index (χ1) is 8.20. The third-order valence-electron chi connectivity index (χ3n) is 2.39. The molecule has 2 rings (SSSR count). The number of rotatable bonds is 2. The maximum atomic E-state index is 11.9. The second kappa shape index (κ2) is 4.78. The van der Waals surface area contributed by atoms with E-state index < -0.39 is 11.0 Å². The van der Waals surface area contributed by atoms with Crippen LogP contribution in [0.2, 0.25) is 0 Å². The van der Waals surface area contributed by atoms with Gasteiger partial charge < -0.3 is 10.3 Å². The highest BCUT2D eigenvalue weighted by molar-refractivity contribution is 5.91. The maximum Gasteiger partial charge on any atom is 0.353 e. The van der Waals surface area contributed by atoms with Crippen molar-refractivity contribution in [1.82, 2.24) is 0 Å². The molecule has 4 nitrogen and oxygen atoms in total. The number of amides is 1. The van der Waals surface area contributed by atoms with Crippen LogP contribution in [-0.4, -0.2) is 11.0 Å². The lowest BCUT2D eigenvalue weighted by Gasteiger charge is -2.19. The average Bonchev–Trinajstić information content (AvgIpc) is 2.39. The zero-order valence-corrected chi connectivity index (χ0v) is 8.96. The van der Waals surface area contributed by atoms with Crippen molar-refractivity contribution >= 4 is 11.6 Å². The predicted molar refractivity (Wildman–Crippen MR) is 62.9 cm³/mol. The number of phenolic OH excluding ortho intramolecular Hbond substituents is 1. The van der Waals surface area contributed by atoms with Crippen molar-refractivity contribution in [3.05, 3.63) is 65.4 Å². The zero-order valence-electron chi connectivity index (χ0n) is 8.96. The molecular formula is C13H11NO3. The first-order valence-corrected chi connectivity index (χ1v) is 5.12. The van der Waals surface area contributed by atoms with E-state index in [0.29, 0.717) is 5.69 Å². The normalized spacial score (nSPS) is 12.1. The lowest BCUT2D eigenvalue weighted by Crippen LogP contribution is -3.05. The quantitative estimate of drug-likeness (QED) is 0.762. The summed E-state index contributed by atoms with van der Waals surface area (Å²) in [5.41, 5.74) is 0.349. The fourth-order valence-electron chi connectivity index (χ4n) is 1.51. The lowest BCUT2D eigenvalue weighted by atomic mass is 10.2. The summed E-state index contributed by atoms with van der Waals surface area (Å²) in [5.74, 6) is -0.879. The summed E-state index contributed by atoms with van der Waals surface area (Å²) >= 11 is 0. The van der Waals surface area contributed by atoms with Gasteiger partial charge in [0.1, 0.15) is 17.0 Å². The molecule has 2 aromatic rings. The summed E-state index contributed by atoms with van der Waals surface area (Å²) < 4.78 is 0. The molecule has 0 aliphatic rings. The standard InChI is InChI=1S/C13H11NO3/c15-12-9-5-4-8-11(12)13(16)14(17)10-6-2-1-3-7-10/h1-9,14-15H. The van der Waals surface area contributed by atoms with Gasteiger partial charge in [0, 0.05) is 0 Å². The SMILES string of the molecule is O=C(c1ccccc1O)[NH+]([O-])c1ccccc1. The third-order valence-corrected chi connectivity index (χ3v) is 2.39. The van der Waals surface area contributed by atoms with Crippen molar-refractivity contribution in [1.29, 1.82) is 0 Å². The van der Waals surface area contributed by atoms with Gasteiger partial charge in [-0.3, -0.25) is 5.06 Å². The molecule has 1 atom stereocenters. The van der Waals surface area contributed by atoms with Crippen LogP contribution in [0.4, 0.5) is 5.69 Å². The molecule has 0 fully saturated rings. The van der Waals surface area contributed by atoms with E-state index in [1.165, 1.54) is 12.1 Å². The van der Waals surface area contributed by atoms with Crippen LogP contribution in [0.5, 0.6) is 5.75 Å². The molecule has 17 heavy (non-hydrogen) atoms. The molecular weight excluding hydrogens is 218 g/mol. The van der Waals surface area contributed by atoms with Gasteiger partial charge in [-0.25, -0.2) is 4.79 Å². The predicted octanol–water partition coefficient (Wildman–Crippen LogP) is 1.25. The molecule has 0 saturated heterocycles. The highest BCUT2D eigenvalue weighted by atomic mass is 16.5. The van der Waals surface area contributed by atoms with Gasteiger partial charge in [0.15, 0.2) is 0 Å². The van der Waals surface area contributed by atoms with Crippen molar-refractivity contribution in [2.24, 2.45) is 0 Å². The number of hydrogen-bond acceptors (Lipinski definition) is 3. The van der Waals surface area contributed by atoms with E-state index >= 15 is 0 Å². The Hall–Kier alpha value is -2.17. The number of carbonyl (C=O) groups is 1. The first kappa shape index (κ1) is 11.3. The molecule has 0 heterocycles. The minimum atomic E-state index is -0.700. The Morgan fingerprint density at radius 3 is 2.24 bits per heavy atom. The lowest BCUT2D eigenvalue weighted by molar-refractivity contribution is -0.679. The Morgan fingerprint density at radius 1 is 1.00 bits per heavy atom. The van der Waals surface area contributed by atoms with Gasteiger partial charge in [-0.2, -0.15) is 0 Å². The first-order valence-electron chi connectivity index (χ1n) is 5.12. The van der Waals surface area contributed by atoms with E-state index in [0.717, 1.165) is 0 Å². The molecule has 0 radical (unpaired) electrons. The van der Waals surface area contributed by atoms with E-state index in [-0.39, 0.29) is 11.3 Å². The topological polar surface area (TPSA) is 64.8 Å². The highest BCUT2D eigenvalue weighted by Gasteiger charge is 2.19. The number of benzene rings is 2. The van der Waals surface area contributed by atoms with E-state index in [1.807, 2.05) is 0 Å². The zero-order chi connectivity index (χ0) is 12.3. The summed E-state index contributed by atoms with van der Waals surface area (Å²) in [6, 6.07) is 14.3. The van der Waals surface area contributed by atoms with Crippen LogP contribution in [0.1, 0.15) is 10.4 Å².